The maximum absolute atomic E-state index is 13.5. The highest BCUT2D eigenvalue weighted by Gasteiger charge is 2.21. The third-order valence-corrected chi connectivity index (χ3v) is 4.55. The molecule has 1 aliphatic carbocycles. The Morgan fingerprint density at radius 3 is 2.75 bits per heavy atom. The highest BCUT2D eigenvalue weighted by Crippen LogP contribution is 2.33. The number of halogens is 1. The topological polar surface area (TPSA) is 38.9 Å². The Hall–Kier alpha value is -1.36. The van der Waals surface area contributed by atoms with Gasteiger partial charge in [0.05, 0.1) is 0 Å². The van der Waals surface area contributed by atoms with Crippen molar-refractivity contribution in [1.29, 1.82) is 0 Å². The summed E-state index contributed by atoms with van der Waals surface area (Å²) >= 11 is 1.39. The molecule has 1 aromatic heterocycles. The molecule has 1 aromatic carbocycles. The van der Waals surface area contributed by atoms with Gasteiger partial charge in [-0.25, -0.2) is 4.39 Å². The van der Waals surface area contributed by atoms with Crippen molar-refractivity contribution in [3.63, 3.8) is 0 Å². The first-order chi connectivity index (χ1) is 9.83. The molecule has 3 rings (SSSR count). The van der Waals surface area contributed by atoms with Gasteiger partial charge in [-0.2, -0.15) is 0 Å². The van der Waals surface area contributed by atoms with Gasteiger partial charge in [0.15, 0.2) is 0 Å². The van der Waals surface area contributed by atoms with Crippen LogP contribution in [0.3, 0.4) is 0 Å². The Balaban J connectivity index is 1.61. The van der Waals surface area contributed by atoms with E-state index in [1.165, 1.54) is 37.1 Å². The van der Waals surface area contributed by atoms with Crippen molar-refractivity contribution in [3.05, 3.63) is 41.5 Å². The van der Waals surface area contributed by atoms with E-state index in [9.17, 15) is 4.39 Å². The van der Waals surface area contributed by atoms with E-state index >= 15 is 0 Å². The van der Waals surface area contributed by atoms with Crippen molar-refractivity contribution in [3.8, 4) is 0 Å². The third kappa shape index (κ3) is 3.20. The van der Waals surface area contributed by atoms with Gasteiger partial charge in [0.25, 0.3) is 5.22 Å². The van der Waals surface area contributed by atoms with Crippen LogP contribution in [0.4, 0.5) is 4.39 Å². The smallest absolute Gasteiger partial charge is 0.276 e. The second kappa shape index (κ2) is 6.39. The number of hydrogen-bond acceptors (Lipinski definition) is 4. The molecule has 0 bridgehead atoms. The molecule has 0 N–H and O–H groups in total. The van der Waals surface area contributed by atoms with Gasteiger partial charge in [0.2, 0.25) is 5.89 Å². The van der Waals surface area contributed by atoms with E-state index in [1.54, 1.807) is 12.1 Å². The molecule has 1 heterocycles. The van der Waals surface area contributed by atoms with Crippen LogP contribution in [0.1, 0.15) is 49.5 Å². The molecule has 1 fully saturated rings. The number of thioether (sulfide) groups is 1. The van der Waals surface area contributed by atoms with Crippen LogP contribution in [0.25, 0.3) is 0 Å². The van der Waals surface area contributed by atoms with Crippen LogP contribution >= 0.6 is 11.8 Å². The van der Waals surface area contributed by atoms with Crippen molar-refractivity contribution < 1.29 is 8.81 Å². The first-order valence-electron chi connectivity index (χ1n) is 7.02. The Morgan fingerprint density at radius 2 is 1.95 bits per heavy atom. The number of rotatable bonds is 4. The minimum atomic E-state index is -0.188. The number of nitrogens with zero attached hydrogens (tertiary/aromatic N) is 2. The SMILES string of the molecule is Fc1ccccc1CSc1nnc(C2CCCCC2)o1. The molecular formula is C15H17FN2OS. The number of benzene rings is 1. The predicted octanol–water partition coefficient (Wildman–Crippen LogP) is 4.55. The molecule has 0 spiro atoms. The van der Waals surface area contributed by atoms with Crippen molar-refractivity contribution in [2.45, 2.75) is 49.0 Å². The second-order valence-corrected chi connectivity index (χ2v) is 6.05. The van der Waals surface area contributed by atoms with Gasteiger partial charge in [-0.3, -0.25) is 0 Å². The lowest BCUT2D eigenvalue weighted by atomic mass is 9.89. The van der Waals surface area contributed by atoms with Crippen LogP contribution in [-0.4, -0.2) is 10.2 Å². The first-order valence-corrected chi connectivity index (χ1v) is 8.01. The van der Waals surface area contributed by atoms with E-state index in [-0.39, 0.29) is 5.82 Å². The average molecular weight is 292 g/mol. The molecule has 0 unspecified atom stereocenters. The molecule has 5 heteroatoms. The van der Waals surface area contributed by atoms with Crippen molar-refractivity contribution in [2.75, 3.05) is 0 Å². The quantitative estimate of drug-likeness (QED) is 0.775. The summed E-state index contributed by atoms with van der Waals surface area (Å²) in [7, 11) is 0. The van der Waals surface area contributed by atoms with Gasteiger partial charge in [-0.1, -0.05) is 49.2 Å². The standard InChI is InChI=1S/C15H17FN2OS/c16-13-9-5-4-8-12(13)10-20-15-18-17-14(19-15)11-6-2-1-3-7-11/h4-5,8-9,11H,1-3,6-7,10H2. The zero-order valence-corrected chi connectivity index (χ0v) is 12.0. The lowest BCUT2D eigenvalue weighted by Gasteiger charge is -2.17. The van der Waals surface area contributed by atoms with Gasteiger partial charge in [0.1, 0.15) is 5.82 Å². The van der Waals surface area contributed by atoms with Crippen molar-refractivity contribution >= 4 is 11.8 Å². The number of aromatic nitrogens is 2. The highest BCUT2D eigenvalue weighted by atomic mass is 32.2. The minimum Gasteiger partial charge on any atom is -0.416 e. The monoisotopic (exact) mass is 292 g/mol. The molecular weight excluding hydrogens is 275 g/mol. The van der Waals surface area contributed by atoms with Crippen LogP contribution in [0, 0.1) is 5.82 Å². The van der Waals surface area contributed by atoms with Gasteiger partial charge in [0, 0.05) is 11.7 Å². The van der Waals surface area contributed by atoms with E-state index in [1.807, 2.05) is 6.07 Å². The van der Waals surface area contributed by atoms with E-state index in [0.717, 1.165) is 18.7 Å². The fourth-order valence-corrected chi connectivity index (χ4v) is 3.30. The Bertz CT molecular complexity index is 567. The molecule has 1 aliphatic rings. The molecule has 1 saturated carbocycles. The first kappa shape index (κ1) is 13.6. The summed E-state index contributed by atoms with van der Waals surface area (Å²) in [6, 6.07) is 6.77. The molecule has 0 saturated heterocycles. The fourth-order valence-electron chi connectivity index (χ4n) is 2.55. The molecule has 2 aromatic rings. The summed E-state index contributed by atoms with van der Waals surface area (Å²) in [5.41, 5.74) is 0.662. The molecule has 0 amide bonds. The molecule has 106 valence electrons. The zero-order valence-electron chi connectivity index (χ0n) is 11.2. The highest BCUT2D eigenvalue weighted by molar-refractivity contribution is 7.98. The fraction of sp³-hybridized carbons (Fsp3) is 0.467. The lowest BCUT2D eigenvalue weighted by molar-refractivity contribution is 0.334. The summed E-state index contributed by atoms with van der Waals surface area (Å²) in [4.78, 5) is 0. The van der Waals surface area contributed by atoms with E-state index in [2.05, 4.69) is 10.2 Å². The van der Waals surface area contributed by atoms with E-state index < -0.39 is 0 Å². The Kier molecular flexibility index (Phi) is 4.35. The van der Waals surface area contributed by atoms with Gasteiger partial charge < -0.3 is 4.42 Å². The van der Waals surface area contributed by atoms with Crippen LogP contribution in [0.15, 0.2) is 33.9 Å². The predicted molar refractivity (Wildman–Crippen MR) is 76.1 cm³/mol. The molecule has 20 heavy (non-hydrogen) atoms. The average Bonchev–Trinajstić information content (AvgIpc) is 2.96. The number of hydrogen-bond donors (Lipinski definition) is 0. The largest absolute Gasteiger partial charge is 0.416 e. The summed E-state index contributed by atoms with van der Waals surface area (Å²) in [5.74, 6) is 1.49. The maximum atomic E-state index is 13.5. The summed E-state index contributed by atoms with van der Waals surface area (Å²) in [6.07, 6.45) is 6.06. The zero-order chi connectivity index (χ0) is 13.8. The van der Waals surface area contributed by atoms with Gasteiger partial charge in [-0.05, 0) is 24.5 Å². The summed E-state index contributed by atoms with van der Waals surface area (Å²) in [5, 5.41) is 8.74. The normalized spacial score (nSPS) is 16.4. The van der Waals surface area contributed by atoms with Crippen LogP contribution in [-0.2, 0) is 5.75 Å². The van der Waals surface area contributed by atoms with Crippen molar-refractivity contribution in [2.24, 2.45) is 0 Å². The van der Waals surface area contributed by atoms with E-state index in [4.69, 9.17) is 4.42 Å². The van der Waals surface area contributed by atoms with Crippen molar-refractivity contribution in [1.82, 2.24) is 10.2 Å². The lowest BCUT2D eigenvalue weighted by Crippen LogP contribution is -2.04. The molecule has 0 atom stereocenters. The summed E-state index contributed by atoms with van der Waals surface area (Å²) < 4.78 is 19.2. The molecule has 0 aliphatic heterocycles. The van der Waals surface area contributed by atoms with Gasteiger partial charge in [-0.15, -0.1) is 10.2 Å². The Morgan fingerprint density at radius 1 is 1.15 bits per heavy atom. The molecule has 0 radical (unpaired) electrons. The minimum absolute atomic E-state index is 0.188. The molecule has 3 nitrogen and oxygen atoms in total. The second-order valence-electron chi connectivity index (χ2n) is 5.12. The summed E-state index contributed by atoms with van der Waals surface area (Å²) in [6.45, 7) is 0. The van der Waals surface area contributed by atoms with Gasteiger partial charge >= 0.3 is 0 Å². The third-order valence-electron chi connectivity index (χ3n) is 3.69. The van der Waals surface area contributed by atoms with Crippen LogP contribution < -0.4 is 0 Å². The van der Waals surface area contributed by atoms with Crippen LogP contribution in [0.5, 0.6) is 0 Å². The maximum Gasteiger partial charge on any atom is 0.276 e. The Labute approximate surface area is 122 Å². The van der Waals surface area contributed by atoms with E-state index in [0.29, 0.717) is 22.5 Å². The van der Waals surface area contributed by atoms with Crippen LogP contribution in [0.2, 0.25) is 0 Å².